The fourth-order valence-corrected chi connectivity index (χ4v) is 14.1. The van der Waals surface area contributed by atoms with Gasteiger partial charge in [0, 0.05) is 0 Å². The van der Waals surface area contributed by atoms with Gasteiger partial charge in [-0.15, -0.1) is 0 Å². The van der Waals surface area contributed by atoms with Crippen LogP contribution in [0.25, 0.3) is 0 Å². The normalized spacial score (nSPS) is 13.0. The van der Waals surface area contributed by atoms with Gasteiger partial charge in [0.25, 0.3) is 0 Å². The number of rotatable bonds is 5. The second-order valence-electron chi connectivity index (χ2n) is 6.54. The van der Waals surface area contributed by atoms with Crippen LogP contribution in [0.4, 0.5) is 0 Å². The Morgan fingerprint density at radius 2 is 1.04 bits per heavy atom. The Morgan fingerprint density at radius 1 is 0.630 bits per heavy atom. The summed E-state index contributed by atoms with van der Waals surface area (Å²) in [5.74, 6) is 0. The second-order valence-corrected chi connectivity index (χ2v) is 17.3. The molecule has 0 aliphatic heterocycles. The van der Waals surface area contributed by atoms with E-state index in [1.807, 2.05) is 11.3 Å². The zero-order valence-electron chi connectivity index (χ0n) is 14.6. The third-order valence-corrected chi connectivity index (χ3v) is 16.6. The third kappa shape index (κ3) is 3.25. The Kier molecular flexibility index (Phi) is 5.40. The van der Waals surface area contributed by atoms with Gasteiger partial charge < -0.3 is 0 Å². The molecule has 0 aliphatic carbocycles. The molecule has 0 amide bonds. The van der Waals surface area contributed by atoms with Gasteiger partial charge in [0.05, 0.1) is 0 Å². The van der Waals surface area contributed by atoms with E-state index in [2.05, 4.69) is 134 Å². The number of hydrogen-bond acceptors (Lipinski definition) is 1. The molecule has 0 radical (unpaired) electrons. The van der Waals surface area contributed by atoms with Crippen molar-refractivity contribution in [2.24, 2.45) is 0 Å². The molecule has 0 unspecified atom stereocenters. The van der Waals surface area contributed by atoms with E-state index < -0.39 is 5.31 Å². The maximum absolute atomic E-state index is 4.49. The van der Waals surface area contributed by atoms with E-state index in [0.29, 0.717) is 0 Å². The van der Waals surface area contributed by atoms with Crippen molar-refractivity contribution in [3.05, 3.63) is 112 Å². The molecular weight excluding hydrogens is 499 g/mol. The number of benzene rings is 3. The molecule has 1 aromatic heterocycles. The zero-order valence-corrected chi connectivity index (χ0v) is 19.5. The molecule has 0 saturated carbocycles. The molecule has 4 aromatic rings. The first kappa shape index (κ1) is 19.1. The number of hydrogen-bond donors (Lipinski definition) is 0. The summed E-state index contributed by atoms with van der Waals surface area (Å²) in [6.45, 7) is 0. The zero-order chi connectivity index (χ0) is 18.8. The Hall–Kier alpha value is -1.25. The Morgan fingerprint density at radius 3 is 1.37 bits per heavy atom. The molecular formula is C23H19Br2PS. The van der Waals surface area contributed by atoms with E-state index in [0.717, 1.165) is 6.16 Å². The second kappa shape index (κ2) is 7.64. The molecule has 0 saturated heterocycles. The number of halogens is 2. The maximum atomic E-state index is 4.49. The summed E-state index contributed by atoms with van der Waals surface area (Å²) in [5, 5.41) is 3.32. The fourth-order valence-electron chi connectivity index (χ4n) is 3.65. The first-order valence-electron chi connectivity index (χ1n) is 8.74. The van der Waals surface area contributed by atoms with Crippen molar-refractivity contribution >= 4 is 64.0 Å². The first-order valence-corrected chi connectivity index (χ1v) is 14.9. The molecule has 3 aromatic carbocycles. The minimum atomic E-state index is -2.88. The van der Waals surface area contributed by atoms with Gasteiger partial charge in [-0.05, 0) is 0 Å². The van der Waals surface area contributed by atoms with Crippen LogP contribution in [0.2, 0.25) is 0 Å². The summed E-state index contributed by atoms with van der Waals surface area (Å²) in [6.07, 6.45) is 0.932. The van der Waals surface area contributed by atoms with E-state index in [4.69, 9.17) is 0 Å². The topological polar surface area (TPSA) is 0 Å². The van der Waals surface area contributed by atoms with Gasteiger partial charge in [0.2, 0.25) is 0 Å². The molecule has 0 nitrogen and oxygen atoms in total. The van der Waals surface area contributed by atoms with Crippen LogP contribution < -0.4 is 15.9 Å². The molecule has 0 bridgehead atoms. The summed E-state index contributed by atoms with van der Waals surface area (Å²) < 4.78 is 1.18. The predicted molar refractivity (Wildman–Crippen MR) is 130 cm³/mol. The monoisotopic (exact) mass is 516 g/mol. The van der Waals surface area contributed by atoms with Crippen LogP contribution in [0.3, 0.4) is 0 Å². The van der Waals surface area contributed by atoms with Crippen LogP contribution in [-0.4, -0.2) is 0 Å². The molecule has 1 heterocycles. The molecule has 27 heavy (non-hydrogen) atoms. The standard InChI is InChI=1S/C23H19Br2PS/c24-22-16-17-27-23(22)18-26(25,19-10-4-1-5-11-19,20-12-6-2-7-13-20)21-14-8-3-9-15-21/h1-17H,18H2. The van der Waals surface area contributed by atoms with Crippen LogP contribution >= 0.6 is 48.1 Å². The molecule has 0 atom stereocenters. The average molecular weight is 518 g/mol. The molecule has 136 valence electrons. The molecule has 0 N–H and O–H groups in total. The van der Waals surface area contributed by atoms with E-state index in [1.54, 1.807) is 0 Å². The van der Waals surface area contributed by atoms with E-state index >= 15 is 0 Å². The van der Waals surface area contributed by atoms with Crippen LogP contribution in [0, 0.1) is 0 Å². The molecule has 4 heteroatoms. The van der Waals surface area contributed by atoms with Crippen molar-refractivity contribution in [1.29, 1.82) is 0 Å². The van der Waals surface area contributed by atoms with Gasteiger partial charge in [-0.2, -0.15) is 0 Å². The third-order valence-electron chi connectivity index (χ3n) is 5.02. The van der Waals surface area contributed by atoms with Crippen LogP contribution in [0.1, 0.15) is 4.88 Å². The van der Waals surface area contributed by atoms with Crippen LogP contribution in [0.15, 0.2) is 107 Å². The fraction of sp³-hybridized carbons (Fsp3) is 0.0435. The summed E-state index contributed by atoms with van der Waals surface area (Å²) >= 11 is 10.1. The van der Waals surface area contributed by atoms with Gasteiger partial charge in [-0.3, -0.25) is 0 Å². The van der Waals surface area contributed by atoms with Gasteiger partial charge in [0.15, 0.2) is 0 Å². The van der Waals surface area contributed by atoms with Crippen molar-refractivity contribution in [3.8, 4) is 0 Å². The Bertz CT molecular complexity index is 930. The van der Waals surface area contributed by atoms with Crippen molar-refractivity contribution in [2.75, 3.05) is 0 Å². The molecule has 0 spiro atoms. The number of thiophene rings is 1. The predicted octanol–water partition coefficient (Wildman–Crippen LogP) is 6.85. The van der Waals surface area contributed by atoms with Crippen molar-refractivity contribution in [3.63, 3.8) is 0 Å². The van der Waals surface area contributed by atoms with Crippen LogP contribution in [0.5, 0.6) is 0 Å². The average Bonchev–Trinajstić information content (AvgIpc) is 3.14. The van der Waals surface area contributed by atoms with E-state index in [9.17, 15) is 0 Å². The first-order chi connectivity index (χ1) is 13.1. The van der Waals surface area contributed by atoms with E-state index in [-0.39, 0.29) is 0 Å². The summed E-state index contributed by atoms with van der Waals surface area (Å²) in [7, 11) is 0. The van der Waals surface area contributed by atoms with E-state index in [1.165, 1.54) is 25.3 Å². The van der Waals surface area contributed by atoms with Crippen molar-refractivity contribution < 1.29 is 0 Å². The van der Waals surface area contributed by atoms with Crippen molar-refractivity contribution in [1.82, 2.24) is 0 Å². The quantitative estimate of drug-likeness (QED) is 0.254. The van der Waals surface area contributed by atoms with Gasteiger partial charge in [-0.25, -0.2) is 0 Å². The van der Waals surface area contributed by atoms with Crippen molar-refractivity contribution in [2.45, 2.75) is 6.16 Å². The SMILES string of the molecule is Brc1ccsc1CP(Br)(c1ccccc1)(c1ccccc1)c1ccccc1. The Labute approximate surface area is 181 Å². The van der Waals surface area contributed by atoms with Crippen LogP contribution in [-0.2, 0) is 6.16 Å². The van der Waals surface area contributed by atoms with Gasteiger partial charge in [0.1, 0.15) is 0 Å². The summed E-state index contributed by atoms with van der Waals surface area (Å²) in [4.78, 5) is 1.36. The molecule has 0 aliphatic rings. The summed E-state index contributed by atoms with van der Waals surface area (Å²) in [5.41, 5.74) is 0. The Balaban J connectivity index is 2.11. The molecule has 0 fully saturated rings. The minimum absolute atomic E-state index is 0.932. The van der Waals surface area contributed by atoms with Gasteiger partial charge >= 0.3 is 182 Å². The summed E-state index contributed by atoms with van der Waals surface area (Å²) in [6, 6.07) is 34.9. The van der Waals surface area contributed by atoms with Gasteiger partial charge in [-0.1, -0.05) is 0 Å². The molecule has 4 rings (SSSR count).